The van der Waals surface area contributed by atoms with E-state index in [0.29, 0.717) is 12.2 Å². The Kier molecular flexibility index (Phi) is 4.68. The van der Waals surface area contributed by atoms with Crippen LogP contribution in [-0.4, -0.2) is 29.3 Å². The minimum absolute atomic E-state index is 0.0112. The molecule has 0 radical (unpaired) electrons. The van der Waals surface area contributed by atoms with Crippen LogP contribution in [0.5, 0.6) is 0 Å². The van der Waals surface area contributed by atoms with Crippen molar-refractivity contribution in [1.29, 1.82) is 0 Å². The number of nitro benzene ring substituents is 1. The maximum atomic E-state index is 11.9. The maximum absolute atomic E-state index is 11.9. The molecule has 0 spiro atoms. The lowest BCUT2D eigenvalue weighted by atomic mass is 10.3. The summed E-state index contributed by atoms with van der Waals surface area (Å²) in [5.41, 5.74) is 0.514. The smallest absolute Gasteiger partial charge is 0.269 e. The van der Waals surface area contributed by atoms with Gasteiger partial charge in [-0.05, 0) is 31.3 Å². The Bertz CT molecular complexity index is 608. The molecular weight excluding hydrogens is 274 g/mol. The predicted octanol–water partition coefficient (Wildman–Crippen LogP) is 2.26. The number of amides is 1. The van der Waals surface area contributed by atoms with Gasteiger partial charge in [-0.1, -0.05) is 0 Å². The van der Waals surface area contributed by atoms with Gasteiger partial charge in [-0.3, -0.25) is 19.8 Å². The minimum atomic E-state index is -0.483. The summed E-state index contributed by atoms with van der Waals surface area (Å²) in [6.07, 6.45) is 1.58. The molecule has 0 atom stereocenters. The fourth-order valence-corrected chi connectivity index (χ4v) is 1.84. The van der Waals surface area contributed by atoms with Gasteiger partial charge in [0.15, 0.2) is 0 Å². The van der Waals surface area contributed by atoms with E-state index < -0.39 is 4.92 Å². The number of nitrogens with zero attached hydrogens (tertiary/aromatic N) is 2. The molecule has 0 aliphatic carbocycles. The molecule has 0 bridgehead atoms. The van der Waals surface area contributed by atoms with Crippen LogP contribution in [0.3, 0.4) is 0 Å². The van der Waals surface area contributed by atoms with E-state index in [4.69, 9.17) is 4.42 Å². The Morgan fingerprint density at radius 3 is 2.62 bits per heavy atom. The molecule has 1 aromatic heterocycles. The summed E-state index contributed by atoms with van der Waals surface area (Å²) in [6, 6.07) is 9.33. The third-order valence-corrected chi connectivity index (χ3v) is 2.78. The van der Waals surface area contributed by atoms with Crippen LogP contribution >= 0.6 is 0 Å². The molecular formula is C14H15N3O4. The van der Waals surface area contributed by atoms with Gasteiger partial charge in [0.05, 0.1) is 24.3 Å². The van der Waals surface area contributed by atoms with E-state index >= 15 is 0 Å². The zero-order valence-electron chi connectivity index (χ0n) is 11.5. The van der Waals surface area contributed by atoms with Crippen LogP contribution in [0.1, 0.15) is 5.76 Å². The molecule has 1 N–H and O–H groups in total. The van der Waals surface area contributed by atoms with Crippen LogP contribution in [-0.2, 0) is 11.3 Å². The second kappa shape index (κ2) is 6.67. The van der Waals surface area contributed by atoms with Crippen molar-refractivity contribution in [3.05, 3.63) is 58.5 Å². The number of furan rings is 1. The van der Waals surface area contributed by atoms with Crippen LogP contribution in [0.4, 0.5) is 11.4 Å². The average molecular weight is 289 g/mol. The van der Waals surface area contributed by atoms with Crippen molar-refractivity contribution >= 4 is 17.3 Å². The number of nitrogens with one attached hydrogen (secondary N) is 1. The van der Waals surface area contributed by atoms with Gasteiger partial charge < -0.3 is 9.73 Å². The Morgan fingerprint density at radius 2 is 2.05 bits per heavy atom. The number of rotatable bonds is 6. The monoisotopic (exact) mass is 289 g/mol. The number of benzene rings is 1. The summed E-state index contributed by atoms with van der Waals surface area (Å²) in [5, 5.41) is 13.2. The number of anilines is 1. The number of carbonyl (C=O) groups excluding carboxylic acids is 1. The van der Waals surface area contributed by atoms with Crippen molar-refractivity contribution in [2.45, 2.75) is 6.54 Å². The molecule has 1 amide bonds. The molecule has 1 heterocycles. The summed E-state index contributed by atoms with van der Waals surface area (Å²) < 4.78 is 5.20. The normalized spacial score (nSPS) is 10.6. The molecule has 0 unspecified atom stereocenters. The Balaban J connectivity index is 1.84. The highest BCUT2D eigenvalue weighted by molar-refractivity contribution is 5.92. The number of likely N-dealkylation sites (N-methyl/N-ethyl adjacent to an activating group) is 1. The van der Waals surface area contributed by atoms with E-state index in [1.807, 2.05) is 6.07 Å². The van der Waals surface area contributed by atoms with Crippen LogP contribution in [0, 0.1) is 10.1 Å². The lowest BCUT2D eigenvalue weighted by Gasteiger charge is -2.14. The average Bonchev–Trinajstić information content (AvgIpc) is 2.91. The summed E-state index contributed by atoms with van der Waals surface area (Å²) in [5.74, 6) is 0.582. The van der Waals surface area contributed by atoms with Gasteiger partial charge in [0.2, 0.25) is 5.91 Å². The van der Waals surface area contributed by atoms with Gasteiger partial charge in [-0.15, -0.1) is 0 Å². The number of non-ortho nitro benzene ring substituents is 1. The van der Waals surface area contributed by atoms with Crippen molar-refractivity contribution < 1.29 is 14.1 Å². The largest absolute Gasteiger partial charge is 0.468 e. The number of carbonyl (C=O) groups is 1. The molecule has 0 aliphatic rings. The first-order valence-electron chi connectivity index (χ1n) is 6.30. The molecule has 2 aromatic rings. The van der Waals surface area contributed by atoms with Crippen molar-refractivity contribution in [3.8, 4) is 0 Å². The standard InChI is InChI=1S/C14H15N3O4/c1-16(9-13-3-2-8-21-13)10-14(18)15-11-4-6-12(7-5-11)17(19)20/h2-8H,9-10H2,1H3,(H,15,18). The first kappa shape index (κ1) is 14.7. The van der Waals surface area contributed by atoms with Crippen molar-refractivity contribution in [2.75, 3.05) is 18.9 Å². The SMILES string of the molecule is CN(CC(=O)Nc1ccc([N+](=O)[O-])cc1)Cc1ccco1. The van der Waals surface area contributed by atoms with Gasteiger partial charge in [0.25, 0.3) is 5.69 Å². The molecule has 2 rings (SSSR count). The minimum Gasteiger partial charge on any atom is -0.468 e. The number of hydrogen-bond acceptors (Lipinski definition) is 5. The third kappa shape index (κ3) is 4.43. The van der Waals surface area contributed by atoms with Crippen molar-refractivity contribution in [2.24, 2.45) is 0 Å². The van der Waals surface area contributed by atoms with E-state index in [-0.39, 0.29) is 18.1 Å². The summed E-state index contributed by atoms with van der Waals surface area (Å²) in [6.45, 7) is 0.721. The summed E-state index contributed by atoms with van der Waals surface area (Å²) >= 11 is 0. The number of hydrogen-bond donors (Lipinski definition) is 1. The van der Waals surface area contributed by atoms with E-state index in [9.17, 15) is 14.9 Å². The summed E-state index contributed by atoms with van der Waals surface area (Å²) in [4.78, 5) is 23.7. The molecule has 0 saturated carbocycles. The molecule has 7 nitrogen and oxygen atoms in total. The van der Waals surface area contributed by atoms with Gasteiger partial charge in [-0.25, -0.2) is 0 Å². The highest BCUT2D eigenvalue weighted by Gasteiger charge is 2.10. The van der Waals surface area contributed by atoms with Gasteiger partial charge in [-0.2, -0.15) is 0 Å². The quantitative estimate of drug-likeness (QED) is 0.651. The van der Waals surface area contributed by atoms with Gasteiger partial charge in [0.1, 0.15) is 5.76 Å². The molecule has 110 valence electrons. The third-order valence-electron chi connectivity index (χ3n) is 2.78. The van der Waals surface area contributed by atoms with Gasteiger partial charge in [0, 0.05) is 17.8 Å². The summed E-state index contributed by atoms with van der Waals surface area (Å²) in [7, 11) is 1.80. The van der Waals surface area contributed by atoms with E-state index in [2.05, 4.69) is 5.32 Å². The lowest BCUT2D eigenvalue weighted by molar-refractivity contribution is -0.384. The lowest BCUT2D eigenvalue weighted by Crippen LogP contribution is -2.29. The highest BCUT2D eigenvalue weighted by Crippen LogP contribution is 2.15. The second-order valence-electron chi connectivity index (χ2n) is 4.60. The van der Waals surface area contributed by atoms with E-state index in [1.54, 1.807) is 24.3 Å². The molecule has 21 heavy (non-hydrogen) atoms. The zero-order chi connectivity index (χ0) is 15.2. The Hall–Kier alpha value is -2.67. The second-order valence-corrected chi connectivity index (χ2v) is 4.60. The van der Waals surface area contributed by atoms with E-state index in [1.165, 1.54) is 24.3 Å². The van der Waals surface area contributed by atoms with Crippen LogP contribution in [0.2, 0.25) is 0 Å². The molecule has 0 aliphatic heterocycles. The fraction of sp³-hybridized carbons (Fsp3) is 0.214. The van der Waals surface area contributed by atoms with Crippen LogP contribution < -0.4 is 5.32 Å². The Morgan fingerprint density at radius 1 is 1.33 bits per heavy atom. The Labute approximate surface area is 121 Å². The maximum Gasteiger partial charge on any atom is 0.269 e. The van der Waals surface area contributed by atoms with Gasteiger partial charge >= 0.3 is 0 Å². The highest BCUT2D eigenvalue weighted by atomic mass is 16.6. The van der Waals surface area contributed by atoms with Crippen LogP contribution in [0.25, 0.3) is 0 Å². The first-order chi connectivity index (χ1) is 10.0. The number of nitro groups is 1. The fourth-order valence-electron chi connectivity index (χ4n) is 1.84. The molecule has 0 saturated heterocycles. The van der Waals surface area contributed by atoms with Crippen molar-refractivity contribution in [3.63, 3.8) is 0 Å². The predicted molar refractivity (Wildman–Crippen MR) is 76.8 cm³/mol. The first-order valence-corrected chi connectivity index (χ1v) is 6.30. The van der Waals surface area contributed by atoms with E-state index in [0.717, 1.165) is 5.76 Å². The molecule has 0 fully saturated rings. The molecule has 1 aromatic carbocycles. The zero-order valence-corrected chi connectivity index (χ0v) is 11.5. The molecule has 7 heteroatoms. The van der Waals surface area contributed by atoms with Crippen LogP contribution in [0.15, 0.2) is 47.1 Å². The van der Waals surface area contributed by atoms with Crippen molar-refractivity contribution in [1.82, 2.24) is 4.90 Å². The topological polar surface area (TPSA) is 88.6 Å².